The maximum atomic E-state index is 12.4. The highest BCUT2D eigenvalue weighted by atomic mass is 19.4. The first-order chi connectivity index (χ1) is 8.84. The van der Waals surface area contributed by atoms with Crippen molar-refractivity contribution in [2.45, 2.75) is 45.8 Å². The quantitative estimate of drug-likeness (QED) is 0.812. The molecule has 4 nitrogen and oxygen atoms in total. The summed E-state index contributed by atoms with van der Waals surface area (Å²) >= 11 is 0. The molecular formula is C12H18F3N3O. The van der Waals surface area contributed by atoms with E-state index < -0.39 is 11.9 Å². The first-order valence-electron chi connectivity index (χ1n) is 6.23. The molecule has 0 aliphatic rings. The highest BCUT2D eigenvalue weighted by Gasteiger charge is 2.34. The first-order valence-corrected chi connectivity index (χ1v) is 6.23. The Morgan fingerprint density at radius 3 is 2.68 bits per heavy atom. The Morgan fingerprint density at radius 1 is 1.47 bits per heavy atom. The lowest BCUT2D eigenvalue weighted by atomic mass is 10.3. The standard InChI is InChI=1S/C12H18F3N3O/c1-3-5-11(19)16-6-4-7-18-9(2)8-10(17-18)12(13,14)15/h8H,3-7H2,1-2H3,(H,16,19). The molecule has 1 aromatic heterocycles. The van der Waals surface area contributed by atoms with E-state index in [1.807, 2.05) is 6.92 Å². The monoisotopic (exact) mass is 277 g/mol. The van der Waals surface area contributed by atoms with Gasteiger partial charge in [0.1, 0.15) is 0 Å². The Labute approximate surface area is 110 Å². The lowest BCUT2D eigenvalue weighted by molar-refractivity contribution is -0.141. The van der Waals surface area contributed by atoms with Gasteiger partial charge in [-0.2, -0.15) is 18.3 Å². The number of alkyl halides is 3. The van der Waals surface area contributed by atoms with Crippen molar-refractivity contribution in [3.05, 3.63) is 17.5 Å². The predicted octanol–water partition coefficient (Wildman–Crippen LogP) is 2.52. The molecule has 0 saturated carbocycles. The first kappa shape index (κ1) is 15.5. The summed E-state index contributed by atoms with van der Waals surface area (Å²) in [5.74, 6) is -0.0318. The van der Waals surface area contributed by atoms with Gasteiger partial charge >= 0.3 is 6.18 Å². The maximum Gasteiger partial charge on any atom is 0.435 e. The zero-order valence-corrected chi connectivity index (χ0v) is 11.0. The summed E-state index contributed by atoms with van der Waals surface area (Å²) in [6.45, 7) is 4.29. The molecule has 0 spiro atoms. The van der Waals surface area contributed by atoms with Gasteiger partial charge in [0.05, 0.1) is 0 Å². The molecule has 1 N–H and O–H groups in total. The van der Waals surface area contributed by atoms with Crippen molar-refractivity contribution >= 4 is 5.91 Å². The lowest BCUT2D eigenvalue weighted by Crippen LogP contribution is -2.25. The van der Waals surface area contributed by atoms with E-state index in [1.165, 1.54) is 4.68 Å². The van der Waals surface area contributed by atoms with Crippen LogP contribution in [0.15, 0.2) is 6.07 Å². The molecule has 19 heavy (non-hydrogen) atoms. The second-order valence-electron chi connectivity index (χ2n) is 4.35. The predicted molar refractivity (Wildman–Crippen MR) is 64.5 cm³/mol. The van der Waals surface area contributed by atoms with Crippen LogP contribution in [0.5, 0.6) is 0 Å². The van der Waals surface area contributed by atoms with Gasteiger partial charge in [0.25, 0.3) is 0 Å². The van der Waals surface area contributed by atoms with Crippen LogP contribution in [0.4, 0.5) is 13.2 Å². The van der Waals surface area contributed by atoms with Gasteiger partial charge in [0.15, 0.2) is 5.69 Å². The Balaban J connectivity index is 2.42. The zero-order valence-electron chi connectivity index (χ0n) is 11.0. The molecule has 0 fully saturated rings. The number of halogens is 3. The van der Waals surface area contributed by atoms with E-state index in [4.69, 9.17) is 0 Å². The van der Waals surface area contributed by atoms with Crippen molar-refractivity contribution in [1.29, 1.82) is 0 Å². The van der Waals surface area contributed by atoms with Gasteiger partial charge < -0.3 is 5.32 Å². The number of carbonyl (C=O) groups excluding carboxylic acids is 1. The molecular weight excluding hydrogens is 259 g/mol. The van der Waals surface area contributed by atoms with E-state index >= 15 is 0 Å². The average molecular weight is 277 g/mol. The minimum absolute atomic E-state index is 0.0318. The van der Waals surface area contributed by atoms with Crippen LogP contribution in [0, 0.1) is 6.92 Å². The van der Waals surface area contributed by atoms with Crippen LogP contribution in [0.1, 0.15) is 37.6 Å². The van der Waals surface area contributed by atoms with E-state index in [-0.39, 0.29) is 5.91 Å². The molecule has 1 amide bonds. The van der Waals surface area contributed by atoms with Gasteiger partial charge in [-0.25, -0.2) is 0 Å². The number of aryl methyl sites for hydroxylation is 2. The summed E-state index contributed by atoms with van der Waals surface area (Å²) in [5, 5.41) is 6.22. The van der Waals surface area contributed by atoms with Gasteiger partial charge in [0.2, 0.25) is 5.91 Å². The van der Waals surface area contributed by atoms with Gasteiger partial charge in [-0.05, 0) is 25.8 Å². The number of nitrogens with zero attached hydrogens (tertiary/aromatic N) is 2. The summed E-state index contributed by atoms with van der Waals surface area (Å²) in [7, 11) is 0. The molecule has 0 aliphatic heterocycles. The fourth-order valence-electron chi connectivity index (χ4n) is 1.65. The number of hydrogen-bond donors (Lipinski definition) is 1. The minimum Gasteiger partial charge on any atom is -0.356 e. The van der Waals surface area contributed by atoms with Crippen molar-refractivity contribution in [1.82, 2.24) is 15.1 Å². The summed E-state index contributed by atoms with van der Waals surface area (Å²) < 4.78 is 38.6. The van der Waals surface area contributed by atoms with Crippen LogP contribution in [0.2, 0.25) is 0 Å². The highest BCUT2D eigenvalue weighted by Crippen LogP contribution is 2.28. The van der Waals surface area contributed by atoms with Crippen LogP contribution in [-0.4, -0.2) is 22.2 Å². The summed E-state index contributed by atoms with van der Waals surface area (Å²) in [6, 6.07) is 1.02. The number of carbonyl (C=O) groups is 1. The van der Waals surface area contributed by atoms with Gasteiger partial charge in [-0.1, -0.05) is 6.92 Å². The molecule has 108 valence electrons. The lowest BCUT2D eigenvalue weighted by Gasteiger charge is -2.06. The smallest absolute Gasteiger partial charge is 0.356 e. The van der Waals surface area contributed by atoms with E-state index in [9.17, 15) is 18.0 Å². The van der Waals surface area contributed by atoms with Crippen LogP contribution >= 0.6 is 0 Å². The molecule has 0 atom stereocenters. The molecule has 0 saturated heterocycles. The van der Waals surface area contributed by atoms with Gasteiger partial charge in [-0.15, -0.1) is 0 Å². The fourth-order valence-corrected chi connectivity index (χ4v) is 1.65. The van der Waals surface area contributed by atoms with Gasteiger partial charge in [0, 0.05) is 25.2 Å². The number of nitrogens with one attached hydrogen (secondary N) is 1. The molecule has 7 heteroatoms. The van der Waals surface area contributed by atoms with E-state index in [0.717, 1.165) is 12.5 Å². The fraction of sp³-hybridized carbons (Fsp3) is 0.667. The van der Waals surface area contributed by atoms with Crippen LogP contribution < -0.4 is 5.32 Å². The van der Waals surface area contributed by atoms with E-state index in [2.05, 4.69) is 10.4 Å². The minimum atomic E-state index is -4.41. The summed E-state index contributed by atoms with van der Waals surface area (Å²) in [5.41, 5.74) is -0.410. The van der Waals surface area contributed by atoms with Crippen molar-refractivity contribution in [3.63, 3.8) is 0 Å². The SMILES string of the molecule is CCCC(=O)NCCCn1nc(C(F)(F)F)cc1C. The third kappa shape index (κ3) is 4.92. The van der Waals surface area contributed by atoms with Crippen molar-refractivity contribution in [3.8, 4) is 0 Å². The van der Waals surface area contributed by atoms with Gasteiger partial charge in [-0.3, -0.25) is 9.48 Å². The third-order valence-corrected chi connectivity index (χ3v) is 2.62. The second-order valence-corrected chi connectivity index (χ2v) is 4.35. The molecule has 1 aromatic rings. The second kappa shape index (κ2) is 6.58. The number of rotatable bonds is 6. The Bertz CT molecular complexity index is 426. The van der Waals surface area contributed by atoms with Crippen molar-refractivity contribution < 1.29 is 18.0 Å². The Kier molecular flexibility index (Phi) is 5.38. The number of aromatic nitrogens is 2. The van der Waals surface area contributed by atoms with Crippen molar-refractivity contribution in [2.24, 2.45) is 0 Å². The molecule has 0 unspecified atom stereocenters. The van der Waals surface area contributed by atoms with Crippen molar-refractivity contribution in [2.75, 3.05) is 6.54 Å². The molecule has 0 radical (unpaired) electrons. The summed E-state index contributed by atoms with van der Waals surface area (Å²) in [6.07, 6.45) is -2.61. The maximum absolute atomic E-state index is 12.4. The zero-order chi connectivity index (χ0) is 14.5. The normalized spacial score (nSPS) is 11.6. The third-order valence-electron chi connectivity index (χ3n) is 2.62. The highest BCUT2D eigenvalue weighted by molar-refractivity contribution is 5.75. The molecule has 0 bridgehead atoms. The van der Waals surface area contributed by atoms with E-state index in [0.29, 0.717) is 31.6 Å². The van der Waals surface area contributed by atoms with Crippen LogP contribution in [0.25, 0.3) is 0 Å². The van der Waals surface area contributed by atoms with Crippen LogP contribution in [0.3, 0.4) is 0 Å². The van der Waals surface area contributed by atoms with Crippen LogP contribution in [-0.2, 0) is 17.5 Å². The molecule has 1 rings (SSSR count). The summed E-state index contributed by atoms with van der Waals surface area (Å²) in [4.78, 5) is 11.2. The molecule has 0 aromatic carbocycles. The number of hydrogen-bond acceptors (Lipinski definition) is 2. The largest absolute Gasteiger partial charge is 0.435 e. The topological polar surface area (TPSA) is 46.9 Å². The Morgan fingerprint density at radius 2 is 2.16 bits per heavy atom. The Hall–Kier alpha value is -1.53. The average Bonchev–Trinajstić information content (AvgIpc) is 2.66. The van der Waals surface area contributed by atoms with E-state index in [1.54, 1.807) is 6.92 Å². The molecule has 1 heterocycles. The molecule has 0 aliphatic carbocycles. The number of amides is 1.